The van der Waals surface area contributed by atoms with E-state index in [9.17, 15) is 23.1 Å². The Labute approximate surface area is 120 Å². The molecular formula is C11H10BrClF3NO2. The first-order valence-corrected chi connectivity index (χ1v) is 6.24. The lowest BCUT2D eigenvalue weighted by molar-refractivity contribution is -0.150. The number of hydrogen-bond acceptors (Lipinski definition) is 2. The zero-order valence-electron chi connectivity index (χ0n) is 9.68. The number of benzene rings is 1. The van der Waals surface area contributed by atoms with Crippen molar-refractivity contribution in [2.24, 2.45) is 0 Å². The SMILES string of the molecule is CC(NCC(F)(F)F)(C(=O)O)c1ccc(Br)cc1Cl. The lowest BCUT2D eigenvalue weighted by atomic mass is 9.92. The summed E-state index contributed by atoms with van der Waals surface area (Å²) in [4.78, 5) is 11.3. The lowest BCUT2D eigenvalue weighted by Gasteiger charge is -2.28. The molecule has 2 N–H and O–H groups in total. The van der Waals surface area contributed by atoms with Gasteiger partial charge in [-0.15, -0.1) is 0 Å². The van der Waals surface area contributed by atoms with Crippen LogP contribution in [0.4, 0.5) is 13.2 Å². The first kappa shape index (κ1) is 16.3. The predicted molar refractivity (Wildman–Crippen MR) is 68.2 cm³/mol. The summed E-state index contributed by atoms with van der Waals surface area (Å²) in [7, 11) is 0. The van der Waals surface area contributed by atoms with Crippen LogP contribution in [0.15, 0.2) is 22.7 Å². The molecule has 1 rings (SSSR count). The average molecular weight is 361 g/mol. The number of halogens is 5. The third kappa shape index (κ3) is 4.09. The topological polar surface area (TPSA) is 49.3 Å². The maximum atomic E-state index is 12.2. The molecule has 0 bridgehead atoms. The molecule has 0 heterocycles. The van der Waals surface area contributed by atoms with E-state index in [-0.39, 0.29) is 10.6 Å². The number of carbonyl (C=O) groups is 1. The molecule has 0 aliphatic rings. The molecule has 3 nitrogen and oxygen atoms in total. The second-order valence-corrected chi connectivity index (χ2v) is 5.35. The van der Waals surface area contributed by atoms with Gasteiger partial charge in [0.05, 0.1) is 6.54 Å². The lowest BCUT2D eigenvalue weighted by Crippen LogP contribution is -2.50. The minimum atomic E-state index is -4.52. The molecule has 0 saturated carbocycles. The minimum absolute atomic E-state index is 0.0638. The van der Waals surface area contributed by atoms with Gasteiger partial charge in [0.25, 0.3) is 0 Å². The third-order valence-electron chi connectivity index (χ3n) is 2.54. The molecule has 0 amide bonds. The summed E-state index contributed by atoms with van der Waals surface area (Å²) in [6, 6.07) is 4.30. The van der Waals surface area contributed by atoms with Gasteiger partial charge in [0.15, 0.2) is 0 Å². The van der Waals surface area contributed by atoms with Crippen molar-refractivity contribution in [2.45, 2.75) is 18.6 Å². The van der Waals surface area contributed by atoms with Crippen molar-refractivity contribution >= 4 is 33.5 Å². The zero-order chi connectivity index (χ0) is 14.8. The van der Waals surface area contributed by atoms with Gasteiger partial charge in [-0.05, 0) is 19.1 Å². The van der Waals surface area contributed by atoms with Crippen molar-refractivity contribution < 1.29 is 23.1 Å². The Kier molecular flexibility index (Phi) is 4.86. The van der Waals surface area contributed by atoms with E-state index in [0.29, 0.717) is 4.47 Å². The van der Waals surface area contributed by atoms with Crippen molar-refractivity contribution in [3.8, 4) is 0 Å². The van der Waals surface area contributed by atoms with Crippen LogP contribution in [0.1, 0.15) is 12.5 Å². The van der Waals surface area contributed by atoms with Crippen LogP contribution in [0.3, 0.4) is 0 Å². The van der Waals surface area contributed by atoms with E-state index < -0.39 is 24.2 Å². The Morgan fingerprint density at radius 2 is 2.05 bits per heavy atom. The second kappa shape index (κ2) is 5.68. The summed E-state index contributed by atoms with van der Waals surface area (Å²) in [5.41, 5.74) is -1.86. The van der Waals surface area contributed by atoms with Gasteiger partial charge in [-0.25, -0.2) is 4.79 Å². The van der Waals surface area contributed by atoms with Crippen molar-refractivity contribution in [1.82, 2.24) is 5.32 Å². The number of carboxylic acids is 1. The van der Waals surface area contributed by atoms with Crippen molar-refractivity contribution in [3.05, 3.63) is 33.3 Å². The highest BCUT2D eigenvalue weighted by Crippen LogP contribution is 2.31. The largest absolute Gasteiger partial charge is 0.480 e. The molecule has 1 aromatic carbocycles. The summed E-state index contributed by atoms with van der Waals surface area (Å²) in [5.74, 6) is -1.44. The van der Waals surface area contributed by atoms with E-state index in [2.05, 4.69) is 15.9 Å². The zero-order valence-corrected chi connectivity index (χ0v) is 12.0. The highest BCUT2D eigenvalue weighted by atomic mass is 79.9. The van der Waals surface area contributed by atoms with Gasteiger partial charge >= 0.3 is 12.1 Å². The van der Waals surface area contributed by atoms with Crippen LogP contribution in [0, 0.1) is 0 Å². The van der Waals surface area contributed by atoms with Gasteiger partial charge in [-0.1, -0.05) is 33.6 Å². The first-order valence-electron chi connectivity index (χ1n) is 5.07. The Balaban J connectivity index is 3.15. The van der Waals surface area contributed by atoms with Crippen LogP contribution in [-0.2, 0) is 10.3 Å². The number of alkyl halides is 3. The predicted octanol–water partition coefficient (Wildman–Crippen LogP) is 3.55. The molecule has 8 heteroatoms. The molecule has 106 valence electrons. The molecule has 0 aromatic heterocycles. The second-order valence-electron chi connectivity index (χ2n) is 4.02. The van der Waals surface area contributed by atoms with Gasteiger partial charge in [0.2, 0.25) is 0 Å². The number of aliphatic carboxylic acids is 1. The van der Waals surface area contributed by atoms with Crippen LogP contribution in [0.25, 0.3) is 0 Å². The summed E-state index contributed by atoms with van der Waals surface area (Å²) in [6.45, 7) is -0.293. The monoisotopic (exact) mass is 359 g/mol. The van der Waals surface area contributed by atoms with Gasteiger partial charge in [-0.3, -0.25) is 5.32 Å². The van der Waals surface area contributed by atoms with E-state index >= 15 is 0 Å². The smallest absolute Gasteiger partial charge is 0.401 e. The number of hydrogen-bond donors (Lipinski definition) is 2. The van der Waals surface area contributed by atoms with Crippen LogP contribution in [-0.4, -0.2) is 23.8 Å². The molecule has 0 aliphatic carbocycles. The Morgan fingerprint density at radius 1 is 1.47 bits per heavy atom. The summed E-state index contributed by atoms with van der Waals surface area (Å²) < 4.78 is 37.3. The molecule has 0 aliphatic heterocycles. The molecule has 0 fully saturated rings. The van der Waals surface area contributed by atoms with Crippen LogP contribution >= 0.6 is 27.5 Å². The first-order chi connectivity index (χ1) is 8.56. The van der Waals surface area contributed by atoms with Crippen LogP contribution in [0.5, 0.6) is 0 Å². The van der Waals surface area contributed by atoms with E-state index in [1.54, 1.807) is 0 Å². The molecule has 0 radical (unpaired) electrons. The molecule has 1 atom stereocenters. The Hall–Kier alpha value is -0.790. The summed E-state index contributed by atoms with van der Waals surface area (Å²) >= 11 is 9.03. The molecule has 1 aromatic rings. The van der Waals surface area contributed by atoms with Gasteiger partial charge in [-0.2, -0.15) is 13.2 Å². The molecular weight excluding hydrogens is 350 g/mol. The maximum Gasteiger partial charge on any atom is 0.401 e. The molecule has 0 spiro atoms. The number of carboxylic acid groups (broad SMARTS) is 1. The van der Waals surface area contributed by atoms with Crippen LogP contribution < -0.4 is 5.32 Å². The Morgan fingerprint density at radius 3 is 2.47 bits per heavy atom. The standard InChI is InChI=1S/C11H10BrClF3NO2/c1-10(9(18)19,17-5-11(14,15)16)7-3-2-6(12)4-8(7)13/h2-4,17H,5H2,1H3,(H,18,19). The fourth-order valence-electron chi connectivity index (χ4n) is 1.46. The highest BCUT2D eigenvalue weighted by Gasteiger charge is 2.40. The van der Waals surface area contributed by atoms with Crippen LogP contribution in [0.2, 0.25) is 5.02 Å². The summed E-state index contributed by atoms with van der Waals surface area (Å²) in [6.07, 6.45) is -4.52. The maximum absolute atomic E-state index is 12.2. The normalized spacial score (nSPS) is 15.1. The molecule has 1 unspecified atom stereocenters. The van der Waals surface area contributed by atoms with Gasteiger partial charge in [0, 0.05) is 15.1 Å². The minimum Gasteiger partial charge on any atom is -0.480 e. The van der Waals surface area contributed by atoms with Crippen molar-refractivity contribution in [1.29, 1.82) is 0 Å². The highest BCUT2D eigenvalue weighted by molar-refractivity contribution is 9.10. The van der Waals surface area contributed by atoms with E-state index in [1.165, 1.54) is 18.2 Å². The summed E-state index contributed by atoms with van der Waals surface area (Å²) in [5, 5.41) is 11.2. The van der Waals surface area contributed by atoms with Gasteiger partial charge in [0.1, 0.15) is 5.54 Å². The third-order valence-corrected chi connectivity index (χ3v) is 3.35. The molecule has 0 saturated heterocycles. The number of nitrogens with one attached hydrogen (secondary N) is 1. The fourth-order valence-corrected chi connectivity index (χ4v) is 2.32. The average Bonchev–Trinajstić information content (AvgIpc) is 2.24. The number of rotatable bonds is 4. The Bertz CT molecular complexity index is 495. The van der Waals surface area contributed by atoms with Crippen molar-refractivity contribution in [2.75, 3.05) is 6.54 Å². The van der Waals surface area contributed by atoms with E-state index in [1.807, 2.05) is 5.32 Å². The van der Waals surface area contributed by atoms with Gasteiger partial charge < -0.3 is 5.11 Å². The molecule has 19 heavy (non-hydrogen) atoms. The quantitative estimate of drug-likeness (QED) is 0.863. The van der Waals surface area contributed by atoms with Crippen molar-refractivity contribution in [3.63, 3.8) is 0 Å². The van der Waals surface area contributed by atoms with E-state index in [0.717, 1.165) is 6.92 Å². The fraction of sp³-hybridized carbons (Fsp3) is 0.364. The van der Waals surface area contributed by atoms with E-state index in [4.69, 9.17) is 11.6 Å².